The molecule has 1 heterocycles. The van der Waals surface area contributed by atoms with Crippen LogP contribution < -0.4 is 20.1 Å². The largest absolute Gasteiger partial charge is 0.490 e. The highest BCUT2D eigenvalue weighted by Crippen LogP contribution is 2.27. The van der Waals surface area contributed by atoms with E-state index in [1.54, 1.807) is 0 Å². The Morgan fingerprint density at radius 1 is 1.00 bits per heavy atom. The number of aromatic nitrogens is 1. The first kappa shape index (κ1) is 21.3. The van der Waals surface area contributed by atoms with E-state index in [-0.39, 0.29) is 24.8 Å². The summed E-state index contributed by atoms with van der Waals surface area (Å²) in [6, 6.07) is 14.7. The topological polar surface area (TPSA) is 89.6 Å². The Morgan fingerprint density at radius 2 is 1.70 bits per heavy atom. The van der Waals surface area contributed by atoms with Crippen molar-refractivity contribution in [2.24, 2.45) is 0 Å². The highest BCUT2D eigenvalue weighted by molar-refractivity contribution is 7.14. The Bertz CT molecular complexity index is 1000. The lowest BCUT2D eigenvalue weighted by Gasteiger charge is -2.11. The lowest BCUT2D eigenvalue weighted by molar-refractivity contribution is -0.116. The van der Waals surface area contributed by atoms with Crippen LogP contribution in [0.5, 0.6) is 11.5 Å². The fourth-order valence-corrected chi connectivity index (χ4v) is 3.41. The number of thiazole rings is 1. The molecule has 2 amide bonds. The molecule has 0 saturated heterocycles. The van der Waals surface area contributed by atoms with Crippen molar-refractivity contribution in [3.05, 3.63) is 53.9 Å². The first-order valence-electron chi connectivity index (χ1n) is 9.53. The summed E-state index contributed by atoms with van der Waals surface area (Å²) in [6.07, 6.45) is 0.195. The van der Waals surface area contributed by atoms with E-state index in [1.807, 2.05) is 60.8 Å². The van der Waals surface area contributed by atoms with Gasteiger partial charge >= 0.3 is 0 Å². The Balaban J connectivity index is 1.51. The molecule has 0 saturated carbocycles. The number of carbonyl (C=O) groups excluding carboxylic acids is 2. The fraction of sp³-hybridized carbons (Fsp3) is 0.227. The van der Waals surface area contributed by atoms with Gasteiger partial charge in [0.05, 0.1) is 25.3 Å². The Hall–Kier alpha value is -3.39. The van der Waals surface area contributed by atoms with Crippen LogP contribution in [0.3, 0.4) is 0 Å². The number of rotatable bonds is 9. The predicted octanol–water partition coefficient (Wildman–Crippen LogP) is 4.57. The second-order valence-electron chi connectivity index (χ2n) is 6.32. The van der Waals surface area contributed by atoms with Gasteiger partial charge in [-0.25, -0.2) is 4.98 Å². The summed E-state index contributed by atoms with van der Waals surface area (Å²) in [5, 5.41) is 7.92. The molecule has 2 aromatic carbocycles. The van der Waals surface area contributed by atoms with E-state index in [1.165, 1.54) is 18.3 Å². The van der Waals surface area contributed by atoms with Crippen LogP contribution in [0, 0.1) is 0 Å². The maximum atomic E-state index is 12.2. The van der Waals surface area contributed by atoms with Gasteiger partial charge in [-0.2, -0.15) is 0 Å². The van der Waals surface area contributed by atoms with Gasteiger partial charge in [-0.3, -0.25) is 9.59 Å². The predicted molar refractivity (Wildman–Crippen MR) is 118 cm³/mol. The van der Waals surface area contributed by atoms with Gasteiger partial charge in [0.2, 0.25) is 11.8 Å². The summed E-state index contributed by atoms with van der Waals surface area (Å²) in [7, 11) is 0. The van der Waals surface area contributed by atoms with Crippen molar-refractivity contribution in [1.29, 1.82) is 0 Å². The van der Waals surface area contributed by atoms with Crippen LogP contribution in [0.15, 0.2) is 53.9 Å². The molecular weight excluding hydrogens is 402 g/mol. The number of anilines is 2. The number of para-hydroxylation sites is 2. The molecule has 156 valence electrons. The van der Waals surface area contributed by atoms with Crippen LogP contribution in [0.4, 0.5) is 10.8 Å². The zero-order chi connectivity index (χ0) is 21.3. The second-order valence-corrected chi connectivity index (χ2v) is 7.18. The third kappa shape index (κ3) is 6.05. The molecule has 30 heavy (non-hydrogen) atoms. The van der Waals surface area contributed by atoms with Gasteiger partial charge in [-0.15, -0.1) is 11.3 Å². The van der Waals surface area contributed by atoms with Crippen molar-refractivity contribution < 1.29 is 19.1 Å². The van der Waals surface area contributed by atoms with Crippen molar-refractivity contribution >= 4 is 34.0 Å². The van der Waals surface area contributed by atoms with Gasteiger partial charge in [-0.1, -0.05) is 24.3 Å². The Labute approximate surface area is 179 Å². The minimum Gasteiger partial charge on any atom is -0.490 e. The number of ether oxygens (including phenoxy) is 2. The van der Waals surface area contributed by atoms with Gasteiger partial charge in [0.25, 0.3) is 0 Å². The highest BCUT2D eigenvalue weighted by atomic mass is 32.1. The minimum atomic E-state index is -0.175. The second kappa shape index (κ2) is 10.4. The van der Waals surface area contributed by atoms with Crippen LogP contribution in [0.1, 0.15) is 20.3 Å². The summed E-state index contributed by atoms with van der Waals surface area (Å²) in [6.45, 7) is 4.15. The molecule has 7 nitrogen and oxygen atoms in total. The van der Waals surface area contributed by atoms with Crippen LogP contribution in [0.25, 0.3) is 11.3 Å². The third-order valence-corrected chi connectivity index (χ3v) is 4.74. The maximum Gasteiger partial charge on any atom is 0.229 e. The molecule has 2 N–H and O–H groups in total. The number of amides is 2. The summed E-state index contributed by atoms with van der Waals surface area (Å²) in [4.78, 5) is 27.8. The van der Waals surface area contributed by atoms with Crippen LogP contribution >= 0.6 is 11.3 Å². The van der Waals surface area contributed by atoms with E-state index in [2.05, 4.69) is 15.6 Å². The number of benzene rings is 2. The molecule has 0 fully saturated rings. The molecule has 3 rings (SSSR count). The molecule has 8 heteroatoms. The van der Waals surface area contributed by atoms with E-state index in [9.17, 15) is 9.59 Å². The Morgan fingerprint density at radius 3 is 2.37 bits per heavy atom. The van der Waals surface area contributed by atoms with E-state index in [4.69, 9.17) is 9.47 Å². The molecule has 3 aromatic rings. The summed E-state index contributed by atoms with van der Waals surface area (Å²) in [5.41, 5.74) is 2.38. The zero-order valence-corrected chi connectivity index (χ0v) is 17.6. The highest BCUT2D eigenvalue weighted by Gasteiger charge is 2.10. The van der Waals surface area contributed by atoms with Crippen molar-refractivity contribution in [3.8, 4) is 22.8 Å². The molecule has 0 spiro atoms. The van der Waals surface area contributed by atoms with E-state index in [0.29, 0.717) is 23.2 Å². The number of nitrogens with one attached hydrogen (secondary N) is 2. The van der Waals surface area contributed by atoms with Gasteiger partial charge in [0.15, 0.2) is 16.6 Å². The van der Waals surface area contributed by atoms with Crippen LogP contribution in [-0.4, -0.2) is 30.0 Å². The molecule has 0 atom stereocenters. The van der Waals surface area contributed by atoms with Gasteiger partial charge in [0.1, 0.15) is 0 Å². The minimum absolute atomic E-state index is 0.119. The van der Waals surface area contributed by atoms with Crippen molar-refractivity contribution in [2.45, 2.75) is 20.3 Å². The summed E-state index contributed by atoms with van der Waals surface area (Å²) < 4.78 is 11.2. The average Bonchev–Trinajstić information content (AvgIpc) is 3.18. The standard InChI is InChI=1S/C22H23N3O4S/c1-3-28-19-6-4-5-7-20(19)29-13-12-21(27)25-22-24-18(14-30-22)16-8-10-17(11-9-16)23-15(2)26/h4-11,14H,3,12-13H2,1-2H3,(H,23,26)(H,24,25,27). The monoisotopic (exact) mass is 425 g/mol. The third-order valence-electron chi connectivity index (χ3n) is 3.99. The first-order valence-corrected chi connectivity index (χ1v) is 10.4. The van der Waals surface area contributed by atoms with Gasteiger partial charge in [-0.05, 0) is 31.2 Å². The molecule has 0 aliphatic heterocycles. The zero-order valence-electron chi connectivity index (χ0n) is 16.8. The normalized spacial score (nSPS) is 10.3. The van der Waals surface area contributed by atoms with E-state index >= 15 is 0 Å². The molecule has 0 aliphatic carbocycles. The first-order chi connectivity index (χ1) is 14.5. The lowest BCUT2D eigenvalue weighted by atomic mass is 10.1. The number of hydrogen-bond acceptors (Lipinski definition) is 6. The van der Waals surface area contributed by atoms with Crippen molar-refractivity contribution in [1.82, 2.24) is 4.98 Å². The molecule has 1 aromatic heterocycles. The molecular formula is C22H23N3O4S. The van der Waals surface area contributed by atoms with E-state index in [0.717, 1.165) is 16.9 Å². The van der Waals surface area contributed by atoms with Gasteiger partial charge in [0, 0.05) is 23.6 Å². The maximum absolute atomic E-state index is 12.2. The lowest BCUT2D eigenvalue weighted by Crippen LogP contribution is -2.15. The molecule has 0 aliphatic rings. The van der Waals surface area contributed by atoms with Crippen LogP contribution in [-0.2, 0) is 9.59 Å². The number of nitrogens with zero attached hydrogens (tertiary/aromatic N) is 1. The SMILES string of the molecule is CCOc1ccccc1OCCC(=O)Nc1nc(-c2ccc(NC(C)=O)cc2)cs1. The molecule has 0 radical (unpaired) electrons. The summed E-state index contributed by atoms with van der Waals surface area (Å²) in [5.74, 6) is 0.985. The van der Waals surface area contributed by atoms with Crippen LogP contribution in [0.2, 0.25) is 0 Å². The Kier molecular flexibility index (Phi) is 7.40. The quantitative estimate of drug-likeness (QED) is 0.524. The average molecular weight is 426 g/mol. The number of carbonyl (C=O) groups is 2. The summed E-state index contributed by atoms with van der Waals surface area (Å²) >= 11 is 1.35. The van der Waals surface area contributed by atoms with Gasteiger partial charge < -0.3 is 20.1 Å². The van der Waals surface area contributed by atoms with Crippen molar-refractivity contribution in [3.63, 3.8) is 0 Å². The molecule has 0 bridgehead atoms. The molecule has 0 unspecified atom stereocenters. The number of hydrogen-bond donors (Lipinski definition) is 2. The smallest absolute Gasteiger partial charge is 0.229 e. The van der Waals surface area contributed by atoms with E-state index < -0.39 is 0 Å². The van der Waals surface area contributed by atoms with Crippen molar-refractivity contribution in [2.75, 3.05) is 23.8 Å². The fourth-order valence-electron chi connectivity index (χ4n) is 2.67.